The summed E-state index contributed by atoms with van der Waals surface area (Å²) in [7, 11) is 4.24. The van der Waals surface area contributed by atoms with E-state index in [1.165, 1.54) is 0 Å². The highest BCUT2D eigenvalue weighted by Gasteiger charge is 2.25. The van der Waals surface area contributed by atoms with Crippen molar-refractivity contribution in [3.8, 4) is 23.1 Å². The van der Waals surface area contributed by atoms with Crippen molar-refractivity contribution in [2.24, 2.45) is 0 Å². The minimum atomic E-state index is 0.0785. The number of rotatable bonds is 7. The monoisotopic (exact) mass is 485 g/mol. The van der Waals surface area contributed by atoms with Gasteiger partial charge >= 0.3 is 0 Å². The van der Waals surface area contributed by atoms with Gasteiger partial charge in [0, 0.05) is 43.7 Å². The van der Waals surface area contributed by atoms with Crippen LogP contribution < -0.4 is 9.64 Å². The quantitative estimate of drug-likeness (QED) is 0.500. The number of anilines is 1. The van der Waals surface area contributed by atoms with Gasteiger partial charge in [-0.2, -0.15) is 10.4 Å². The molecule has 1 aromatic carbocycles. The van der Waals surface area contributed by atoms with Gasteiger partial charge in [-0.1, -0.05) is 0 Å². The summed E-state index contributed by atoms with van der Waals surface area (Å²) in [6.07, 6.45) is 5.10. The van der Waals surface area contributed by atoms with Gasteiger partial charge in [-0.3, -0.25) is 0 Å². The summed E-state index contributed by atoms with van der Waals surface area (Å²) >= 11 is 0. The van der Waals surface area contributed by atoms with Gasteiger partial charge in [0.25, 0.3) is 0 Å². The summed E-state index contributed by atoms with van der Waals surface area (Å²) in [4.78, 5) is 13.7. The SMILES string of the molecule is CN(C)C1CCN(c2ccc(Cc3nccc(-c4ccc(OC5CCOCC5)c(C#N)c4)n3)nn2)C1. The van der Waals surface area contributed by atoms with E-state index in [0.29, 0.717) is 42.8 Å². The Morgan fingerprint density at radius 1 is 1.11 bits per heavy atom. The normalized spacial score (nSPS) is 18.4. The van der Waals surface area contributed by atoms with Crippen LogP contribution in [0.3, 0.4) is 0 Å². The molecule has 0 amide bonds. The molecule has 2 aliphatic heterocycles. The van der Waals surface area contributed by atoms with Gasteiger partial charge in [0.15, 0.2) is 5.82 Å². The third-order valence-electron chi connectivity index (χ3n) is 6.83. The van der Waals surface area contributed by atoms with E-state index in [1.807, 2.05) is 36.4 Å². The van der Waals surface area contributed by atoms with Crippen LogP contribution in [0.25, 0.3) is 11.3 Å². The van der Waals surface area contributed by atoms with Crippen LogP contribution in [0.5, 0.6) is 5.75 Å². The second-order valence-corrected chi connectivity index (χ2v) is 9.52. The van der Waals surface area contributed by atoms with Gasteiger partial charge in [0.2, 0.25) is 0 Å². The second kappa shape index (κ2) is 11.0. The van der Waals surface area contributed by atoms with Crippen LogP contribution >= 0.6 is 0 Å². The number of benzene rings is 1. The first-order valence-corrected chi connectivity index (χ1v) is 12.4. The maximum absolute atomic E-state index is 9.70. The number of aromatic nitrogens is 4. The Morgan fingerprint density at radius 3 is 2.69 bits per heavy atom. The Morgan fingerprint density at radius 2 is 1.97 bits per heavy atom. The Labute approximate surface area is 211 Å². The van der Waals surface area contributed by atoms with Crippen molar-refractivity contribution in [3.05, 3.63) is 59.7 Å². The van der Waals surface area contributed by atoms with Gasteiger partial charge in [-0.05, 0) is 56.9 Å². The van der Waals surface area contributed by atoms with Crippen molar-refractivity contribution in [2.45, 2.75) is 37.8 Å². The lowest BCUT2D eigenvalue weighted by Gasteiger charge is -2.23. The third-order valence-corrected chi connectivity index (χ3v) is 6.83. The molecule has 3 aromatic rings. The van der Waals surface area contributed by atoms with Gasteiger partial charge in [-0.15, -0.1) is 5.10 Å². The standard InChI is InChI=1S/C27H31N7O2/c1-33(2)22-8-12-34(18-22)27-6-4-21(31-32-27)16-26-29-11-7-24(30-26)19-3-5-25(20(15-19)17-28)36-23-9-13-35-14-10-23/h3-7,11,15,22-23H,8-10,12-14,16,18H2,1-2H3. The van der Waals surface area contributed by atoms with E-state index in [1.54, 1.807) is 6.20 Å². The average Bonchev–Trinajstić information content (AvgIpc) is 3.41. The molecule has 2 fully saturated rings. The van der Waals surface area contributed by atoms with Crippen LogP contribution in [0.4, 0.5) is 5.82 Å². The lowest BCUT2D eigenvalue weighted by atomic mass is 10.1. The van der Waals surface area contributed by atoms with E-state index in [9.17, 15) is 5.26 Å². The van der Waals surface area contributed by atoms with Gasteiger partial charge < -0.3 is 19.3 Å². The van der Waals surface area contributed by atoms with E-state index in [4.69, 9.17) is 14.5 Å². The largest absolute Gasteiger partial charge is 0.489 e. The van der Waals surface area contributed by atoms with Crippen LogP contribution in [0.1, 0.15) is 36.3 Å². The first kappa shape index (κ1) is 24.1. The van der Waals surface area contributed by atoms with E-state index in [0.717, 1.165) is 55.1 Å². The van der Waals surface area contributed by atoms with Gasteiger partial charge in [0.05, 0.1) is 36.6 Å². The zero-order valence-corrected chi connectivity index (χ0v) is 20.8. The minimum Gasteiger partial charge on any atom is -0.489 e. The van der Waals surface area contributed by atoms with Crippen molar-refractivity contribution < 1.29 is 9.47 Å². The average molecular weight is 486 g/mol. The summed E-state index contributed by atoms with van der Waals surface area (Å²) in [6, 6.07) is 14.3. The maximum atomic E-state index is 9.70. The fraction of sp³-hybridized carbons (Fsp3) is 0.444. The maximum Gasteiger partial charge on any atom is 0.151 e. The number of nitrogens with zero attached hydrogens (tertiary/aromatic N) is 7. The molecule has 186 valence electrons. The topological polar surface area (TPSA) is 100 Å². The highest BCUT2D eigenvalue weighted by molar-refractivity contribution is 5.64. The number of nitriles is 1. The summed E-state index contributed by atoms with van der Waals surface area (Å²) in [5.74, 6) is 2.17. The van der Waals surface area contributed by atoms with Crippen molar-refractivity contribution in [1.29, 1.82) is 5.26 Å². The molecule has 2 aliphatic rings. The van der Waals surface area contributed by atoms with Crippen LogP contribution in [0.15, 0.2) is 42.6 Å². The van der Waals surface area contributed by atoms with E-state index in [-0.39, 0.29) is 6.10 Å². The molecule has 9 nitrogen and oxygen atoms in total. The molecule has 0 spiro atoms. The number of ether oxygens (including phenoxy) is 2. The zero-order valence-electron chi connectivity index (χ0n) is 20.8. The molecular weight excluding hydrogens is 454 g/mol. The molecule has 0 bridgehead atoms. The Hall–Kier alpha value is -3.61. The summed E-state index contributed by atoms with van der Waals surface area (Å²) < 4.78 is 11.5. The molecule has 0 N–H and O–H groups in total. The Bertz CT molecular complexity index is 1220. The molecule has 0 aliphatic carbocycles. The first-order chi connectivity index (χ1) is 17.6. The molecule has 2 saturated heterocycles. The molecule has 0 saturated carbocycles. The predicted molar refractivity (Wildman–Crippen MR) is 136 cm³/mol. The molecule has 2 aromatic heterocycles. The first-order valence-electron chi connectivity index (χ1n) is 12.4. The zero-order chi connectivity index (χ0) is 24.9. The molecule has 1 unspecified atom stereocenters. The summed E-state index contributed by atoms with van der Waals surface area (Å²) in [5.41, 5.74) is 2.92. The van der Waals surface area contributed by atoms with Crippen LogP contribution in [-0.4, -0.2) is 77.6 Å². The third kappa shape index (κ3) is 5.61. The van der Waals surface area contributed by atoms with E-state index in [2.05, 4.69) is 45.1 Å². The number of likely N-dealkylation sites (N-methyl/N-ethyl adjacent to an activating group) is 1. The van der Waals surface area contributed by atoms with Crippen molar-refractivity contribution in [1.82, 2.24) is 25.1 Å². The summed E-state index contributed by atoms with van der Waals surface area (Å²) in [6.45, 7) is 3.34. The molecule has 36 heavy (non-hydrogen) atoms. The smallest absolute Gasteiger partial charge is 0.151 e. The van der Waals surface area contributed by atoms with Crippen LogP contribution in [-0.2, 0) is 11.2 Å². The second-order valence-electron chi connectivity index (χ2n) is 9.52. The number of hydrogen-bond donors (Lipinski definition) is 0. The summed E-state index contributed by atoms with van der Waals surface area (Å²) in [5, 5.41) is 18.6. The molecule has 4 heterocycles. The van der Waals surface area contributed by atoms with Gasteiger partial charge in [0.1, 0.15) is 23.7 Å². The van der Waals surface area contributed by atoms with Crippen molar-refractivity contribution in [3.63, 3.8) is 0 Å². The Kier molecular flexibility index (Phi) is 7.35. The molecule has 5 rings (SSSR count). The predicted octanol–water partition coefficient (Wildman–Crippen LogP) is 3.09. The molecule has 0 radical (unpaired) electrons. The van der Waals surface area contributed by atoms with Crippen LogP contribution in [0.2, 0.25) is 0 Å². The number of hydrogen-bond acceptors (Lipinski definition) is 9. The Balaban J connectivity index is 1.27. The van der Waals surface area contributed by atoms with E-state index < -0.39 is 0 Å². The minimum absolute atomic E-state index is 0.0785. The molecule has 9 heteroatoms. The fourth-order valence-electron chi connectivity index (χ4n) is 4.65. The van der Waals surface area contributed by atoms with Crippen LogP contribution in [0, 0.1) is 11.3 Å². The molecule has 1 atom stereocenters. The highest BCUT2D eigenvalue weighted by Crippen LogP contribution is 2.28. The molecular formula is C27H31N7O2. The van der Waals surface area contributed by atoms with E-state index >= 15 is 0 Å². The van der Waals surface area contributed by atoms with Crippen molar-refractivity contribution >= 4 is 5.82 Å². The van der Waals surface area contributed by atoms with Crippen molar-refractivity contribution in [2.75, 3.05) is 45.3 Å². The lowest BCUT2D eigenvalue weighted by Crippen LogP contribution is -2.31. The highest BCUT2D eigenvalue weighted by atomic mass is 16.5. The fourth-order valence-corrected chi connectivity index (χ4v) is 4.65. The van der Waals surface area contributed by atoms with Gasteiger partial charge in [-0.25, -0.2) is 9.97 Å². The lowest BCUT2D eigenvalue weighted by molar-refractivity contribution is 0.0254.